The molecule has 1 aromatic heterocycles. The van der Waals surface area contributed by atoms with E-state index >= 15 is 0 Å². The third kappa shape index (κ3) is 2.57. The normalized spacial score (nSPS) is 28.4. The van der Waals surface area contributed by atoms with Gasteiger partial charge in [0, 0.05) is 6.20 Å². The fourth-order valence-electron chi connectivity index (χ4n) is 3.71. The highest BCUT2D eigenvalue weighted by Crippen LogP contribution is 2.37. The largest absolute Gasteiger partial charge is 0.349 e. The molecule has 2 aliphatic rings. The summed E-state index contributed by atoms with van der Waals surface area (Å²) in [7, 11) is 0. The SMILES string of the molecule is CCc1cccnc1CNC(=O)C1NCC2CCCC21. The van der Waals surface area contributed by atoms with Crippen LogP contribution in [0.3, 0.4) is 0 Å². The summed E-state index contributed by atoms with van der Waals surface area (Å²) in [5.41, 5.74) is 2.20. The summed E-state index contributed by atoms with van der Waals surface area (Å²) in [6.07, 6.45) is 6.50. The maximum Gasteiger partial charge on any atom is 0.237 e. The predicted molar refractivity (Wildman–Crippen MR) is 78.1 cm³/mol. The van der Waals surface area contributed by atoms with Crippen LogP contribution < -0.4 is 10.6 Å². The van der Waals surface area contributed by atoms with E-state index < -0.39 is 0 Å². The highest BCUT2D eigenvalue weighted by molar-refractivity contribution is 5.82. The molecule has 1 saturated carbocycles. The maximum absolute atomic E-state index is 12.4. The van der Waals surface area contributed by atoms with Crippen LogP contribution in [0, 0.1) is 11.8 Å². The Morgan fingerprint density at radius 1 is 1.50 bits per heavy atom. The van der Waals surface area contributed by atoms with E-state index in [4.69, 9.17) is 0 Å². The van der Waals surface area contributed by atoms with Crippen molar-refractivity contribution in [2.45, 2.75) is 45.2 Å². The van der Waals surface area contributed by atoms with E-state index in [1.165, 1.54) is 24.8 Å². The van der Waals surface area contributed by atoms with Gasteiger partial charge in [0.15, 0.2) is 0 Å². The summed E-state index contributed by atoms with van der Waals surface area (Å²) in [5, 5.41) is 6.46. The quantitative estimate of drug-likeness (QED) is 0.877. The number of aromatic nitrogens is 1. The first-order valence-corrected chi connectivity index (χ1v) is 7.73. The van der Waals surface area contributed by atoms with Gasteiger partial charge in [0.05, 0.1) is 18.3 Å². The lowest BCUT2D eigenvalue weighted by molar-refractivity contribution is -0.124. The van der Waals surface area contributed by atoms with E-state index in [9.17, 15) is 4.79 Å². The number of aryl methyl sites for hydroxylation is 1. The Labute approximate surface area is 120 Å². The zero-order valence-corrected chi connectivity index (χ0v) is 12.1. The Morgan fingerprint density at radius 2 is 2.40 bits per heavy atom. The van der Waals surface area contributed by atoms with Crippen LogP contribution in [0.1, 0.15) is 37.4 Å². The number of amides is 1. The zero-order valence-electron chi connectivity index (χ0n) is 12.1. The molecule has 1 amide bonds. The van der Waals surface area contributed by atoms with E-state index in [1.807, 2.05) is 6.07 Å². The van der Waals surface area contributed by atoms with Crippen LogP contribution >= 0.6 is 0 Å². The van der Waals surface area contributed by atoms with Crippen LogP contribution in [0.15, 0.2) is 18.3 Å². The average molecular weight is 273 g/mol. The predicted octanol–water partition coefficient (Wildman–Crippen LogP) is 1.65. The van der Waals surface area contributed by atoms with Crippen LogP contribution in [-0.2, 0) is 17.8 Å². The van der Waals surface area contributed by atoms with Gasteiger partial charge in [-0.25, -0.2) is 0 Å². The second-order valence-corrected chi connectivity index (χ2v) is 5.92. The van der Waals surface area contributed by atoms with Crippen LogP contribution in [0.5, 0.6) is 0 Å². The monoisotopic (exact) mass is 273 g/mol. The van der Waals surface area contributed by atoms with Gasteiger partial charge in [0.1, 0.15) is 0 Å². The summed E-state index contributed by atoms with van der Waals surface area (Å²) in [6.45, 7) is 3.66. The number of carbonyl (C=O) groups is 1. The highest BCUT2D eigenvalue weighted by atomic mass is 16.2. The Balaban J connectivity index is 1.59. The number of carbonyl (C=O) groups excluding carboxylic acids is 1. The number of hydrogen-bond acceptors (Lipinski definition) is 3. The number of fused-ring (bicyclic) bond motifs is 1. The molecular formula is C16H23N3O. The van der Waals surface area contributed by atoms with Gasteiger partial charge < -0.3 is 10.6 Å². The van der Waals surface area contributed by atoms with E-state index in [0.29, 0.717) is 18.4 Å². The topological polar surface area (TPSA) is 54.0 Å². The van der Waals surface area contributed by atoms with Crippen LogP contribution in [0.2, 0.25) is 0 Å². The molecule has 1 aliphatic carbocycles. The standard InChI is InChI=1S/C16H23N3O/c1-2-11-6-4-8-17-14(11)10-19-16(20)15-13-7-3-5-12(13)9-18-15/h4,6,8,12-13,15,18H,2-3,5,7,9-10H2,1H3,(H,19,20). The molecule has 1 saturated heterocycles. The number of nitrogens with one attached hydrogen (secondary N) is 2. The molecule has 0 aromatic carbocycles. The molecule has 1 aromatic rings. The van der Waals surface area contributed by atoms with E-state index in [1.54, 1.807) is 6.20 Å². The molecule has 2 fully saturated rings. The third-order valence-corrected chi connectivity index (χ3v) is 4.82. The average Bonchev–Trinajstić information content (AvgIpc) is 3.07. The maximum atomic E-state index is 12.4. The van der Waals surface area contributed by atoms with Crippen LogP contribution in [-0.4, -0.2) is 23.5 Å². The molecule has 4 heteroatoms. The lowest BCUT2D eigenvalue weighted by Gasteiger charge is -2.18. The molecule has 20 heavy (non-hydrogen) atoms. The number of nitrogens with zero attached hydrogens (tertiary/aromatic N) is 1. The highest BCUT2D eigenvalue weighted by Gasteiger charge is 2.42. The van der Waals surface area contributed by atoms with Gasteiger partial charge in [-0.3, -0.25) is 9.78 Å². The van der Waals surface area contributed by atoms with Crippen molar-refractivity contribution >= 4 is 5.91 Å². The molecule has 3 rings (SSSR count). The smallest absolute Gasteiger partial charge is 0.237 e. The van der Waals surface area contributed by atoms with Crippen molar-refractivity contribution in [3.63, 3.8) is 0 Å². The molecule has 108 valence electrons. The molecule has 0 radical (unpaired) electrons. The molecule has 2 heterocycles. The summed E-state index contributed by atoms with van der Waals surface area (Å²) in [6, 6.07) is 4.04. The van der Waals surface area contributed by atoms with E-state index in [0.717, 1.165) is 18.7 Å². The number of hydrogen-bond donors (Lipinski definition) is 2. The summed E-state index contributed by atoms with van der Waals surface area (Å²) >= 11 is 0. The molecule has 0 bridgehead atoms. The van der Waals surface area contributed by atoms with Crippen LogP contribution in [0.4, 0.5) is 0 Å². The first-order chi connectivity index (χ1) is 9.79. The molecule has 1 aliphatic heterocycles. The Kier molecular flexibility index (Phi) is 4.01. The molecule has 0 spiro atoms. The van der Waals surface area contributed by atoms with Crippen LogP contribution in [0.25, 0.3) is 0 Å². The van der Waals surface area contributed by atoms with Gasteiger partial charge in [0.2, 0.25) is 5.91 Å². The molecular weight excluding hydrogens is 250 g/mol. The van der Waals surface area contributed by atoms with Crippen molar-refractivity contribution in [3.05, 3.63) is 29.6 Å². The molecule has 2 N–H and O–H groups in total. The first-order valence-electron chi connectivity index (χ1n) is 7.73. The van der Waals surface area contributed by atoms with Crippen molar-refractivity contribution in [1.29, 1.82) is 0 Å². The minimum Gasteiger partial charge on any atom is -0.349 e. The zero-order chi connectivity index (χ0) is 13.9. The van der Waals surface area contributed by atoms with Crippen molar-refractivity contribution < 1.29 is 4.79 Å². The van der Waals surface area contributed by atoms with Crippen molar-refractivity contribution in [1.82, 2.24) is 15.6 Å². The van der Waals surface area contributed by atoms with Crippen molar-refractivity contribution in [2.75, 3.05) is 6.54 Å². The van der Waals surface area contributed by atoms with E-state index in [2.05, 4.69) is 28.6 Å². The fourth-order valence-corrected chi connectivity index (χ4v) is 3.71. The van der Waals surface area contributed by atoms with Gasteiger partial charge in [0.25, 0.3) is 0 Å². The Morgan fingerprint density at radius 3 is 3.25 bits per heavy atom. The van der Waals surface area contributed by atoms with E-state index in [-0.39, 0.29) is 11.9 Å². The third-order valence-electron chi connectivity index (χ3n) is 4.82. The summed E-state index contributed by atoms with van der Waals surface area (Å²) in [4.78, 5) is 16.7. The van der Waals surface area contributed by atoms with Gasteiger partial charge in [-0.2, -0.15) is 0 Å². The first kappa shape index (κ1) is 13.6. The van der Waals surface area contributed by atoms with Gasteiger partial charge >= 0.3 is 0 Å². The second kappa shape index (κ2) is 5.92. The minimum absolute atomic E-state index is 0.0105. The molecule has 3 atom stereocenters. The van der Waals surface area contributed by atoms with Gasteiger partial charge in [-0.05, 0) is 49.3 Å². The lowest BCUT2D eigenvalue weighted by atomic mass is 9.93. The number of rotatable bonds is 4. The molecule has 3 unspecified atom stereocenters. The van der Waals surface area contributed by atoms with Crippen molar-refractivity contribution in [3.8, 4) is 0 Å². The van der Waals surface area contributed by atoms with Gasteiger partial charge in [-0.15, -0.1) is 0 Å². The summed E-state index contributed by atoms with van der Waals surface area (Å²) < 4.78 is 0. The second-order valence-electron chi connectivity index (χ2n) is 5.92. The summed E-state index contributed by atoms with van der Waals surface area (Å²) in [5.74, 6) is 1.41. The Hall–Kier alpha value is -1.42. The molecule has 4 nitrogen and oxygen atoms in total. The van der Waals surface area contributed by atoms with Crippen molar-refractivity contribution in [2.24, 2.45) is 11.8 Å². The Bertz CT molecular complexity index is 488. The van der Waals surface area contributed by atoms with Gasteiger partial charge in [-0.1, -0.05) is 19.4 Å². The lowest BCUT2D eigenvalue weighted by Crippen LogP contribution is -2.43. The number of pyridine rings is 1. The fraction of sp³-hybridized carbons (Fsp3) is 0.625. The minimum atomic E-state index is 0.0105.